The maximum Gasteiger partial charge on any atom is 0.119 e. The Morgan fingerprint density at radius 3 is 2.69 bits per heavy atom. The van der Waals surface area contributed by atoms with Gasteiger partial charge in [0.15, 0.2) is 0 Å². The van der Waals surface area contributed by atoms with E-state index in [1.54, 1.807) is 0 Å². The number of nitrogens with zero attached hydrogens (tertiary/aromatic N) is 3. The summed E-state index contributed by atoms with van der Waals surface area (Å²) in [7, 11) is 2.12. The average Bonchev–Trinajstić information content (AvgIpc) is 2.75. The zero-order valence-corrected chi connectivity index (χ0v) is 18.1. The zero-order chi connectivity index (χ0) is 20.7. The number of rotatable bonds is 8. The first-order valence-electron chi connectivity index (χ1n) is 11.2. The highest BCUT2D eigenvalue weighted by molar-refractivity contribution is 5.28. The molecule has 1 aliphatic carbocycles. The number of benzene rings is 1. The molecule has 1 heterocycles. The van der Waals surface area contributed by atoms with Crippen molar-refractivity contribution in [2.45, 2.75) is 70.6 Å². The fourth-order valence-corrected chi connectivity index (χ4v) is 4.56. The highest BCUT2D eigenvalue weighted by atomic mass is 16.5. The summed E-state index contributed by atoms with van der Waals surface area (Å²) in [4.78, 5) is 4.71. The highest BCUT2D eigenvalue weighted by Gasteiger charge is 2.29. The number of aliphatic hydroxyl groups excluding tert-OH is 1. The summed E-state index contributed by atoms with van der Waals surface area (Å²) in [6.45, 7) is 5.85. The van der Waals surface area contributed by atoms with Crippen LogP contribution in [-0.4, -0.2) is 60.3 Å². The molecule has 1 unspecified atom stereocenters. The lowest BCUT2D eigenvalue weighted by Gasteiger charge is -2.34. The molecule has 5 nitrogen and oxygen atoms in total. The van der Waals surface area contributed by atoms with Crippen molar-refractivity contribution in [2.24, 2.45) is 5.41 Å². The van der Waals surface area contributed by atoms with Crippen LogP contribution in [-0.2, 0) is 6.54 Å². The van der Waals surface area contributed by atoms with Gasteiger partial charge in [-0.3, -0.25) is 4.90 Å². The molecule has 3 rings (SSSR count). The Bertz CT molecular complexity index is 673. The lowest BCUT2D eigenvalue weighted by Crippen LogP contribution is -2.40. The molecule has 0 radical (unpaired) electrons. The van der Waals surface area contributed by atoms with Crippen LogP contribution in [0.1, 0.15) is 57.4 Å². The van der Waals surface area contributed by atoms with E-state index in [1.165, 1.54) is 37.7 Å². The number of likely N-dealkylation sites (tertiary alicyclic amines) is 1. The number of likely N-dealkylation sites (N-methyl/N-ethyl adjacent to an activating group) is 1. The molecule has 1 saturated heterocycles. The molecule has 1 aromatic carbocycles. The van der Waals surface area contributed by atoms with Gasteiger partial charge in [-0.05, 0) is 70.4 Å². The molecule has 1 aromatic rings. The molecule has 1 saturated carbocycles. The summed E-state index contributed by atoms with van der Waals surface area (Å²) in [6.07, 6.45) is 7.84. The van der Waals surface area contributed by atoms with Crippen LogP contribution in [0, 0.1) is 16.7 Å². The van der Waals surface area contributed by atoms with E-state index in [0.717, 1.165) is 38.2 Å². The van der Waals surface area contributed by atoms with Gasteiger partial charge in [-0.2, -0.15) is 5.26 Å². The molecule has 5 heteroatoms. The lowest BCUT2D eigenvalue weighted by atomic mass is 9.82. The van der Waals surface area contributed by atoms with Gasteiger partial charge >= 0.3 is 0 Å². The molecule has 0 amide bonds. The molecule has 1 atom stereocenters. The summed E-state index contributed by atoms with van der Waals surface area (Å²) in [5, 5.41) is 19.7. The Balaban J connectivity index is 1.43. The predicted octanol–water partition coefficient (Wildman–Crippen LogP) is 3.82. The molecule has 0 aromatic heterocycles. The van der Waals surface area contributed by atoms with E-state index >= 15 is 0 Å². The molecule has 29 heavy (non-hydrogen) atoms. The SMILES string of the molecule is CN(CC(O)COc1cccc(CN2CCC(C)(C#N)CC2)c1)C1CCCCC1. The molecule has 160 valence electrons. The molecule has 0 spiro atoms. The molecule has 2 aliphatic rings. The van der Waals surface area contributed by atoms with Crippen molar-refractivity contribution in [3.63, 3.8) is 0 Å². The zero-order valence-electron chi connectivity index (χ0n) is 18.1. The van der Waals surface area contributed by atoms with Crippen LogP contribution < -0.4 is 4.74 Å². The minimum atomic E-state index is -0.476. The van der Waals surface area contributed by atoms with Crippen LogP contribution in [0.25, 0.3) is 0 Å². The van der Waals surface area contributed by atoms with Crippen molar-refractivity contribution in [1.82, 2.24) is 9.80 Å². The third-order valence-corrected chi connectivity index (χ3v) is 6.67. The predicted molar refractivity (Wildman–Crippen MR) is 116 cm³/mol. The third-order valence-electron chi connectivity index (χ3n) is 6.67. The first kappa shape index (κ1) is 22.1. The van der Waals surface area contributed by atoms with E-state index in [1.807, 2.05) is 12.1 Å². The van der Waals surface area contributed by atoms with Gasteiger partial charge in [0.1, 0.15) is 18.5 Å². The van der Waals surface area contributed by atoms with Gasteiger partial charge in [-0.1, -0.05) is 31.4 Å². The second-order valence-corrected chi connectivity index (χ2v) is 9.29. The van der Waals surface area contributed by atoms with Crippen molar-refractivity contribution in [2.75, 3.05) is 33.3 Å². The van der Waals surface area contributed by atoms with E-state index in [9.17, 15) is 10.4 Å². The fourth-order valence-electron chi connectivity index (χ4n) is 4.56. The first-order chi connectivity index (χ1) is 14.0. The Morgan fingerprint density at radius 2 is 2.00 bits per heavy atom. The molecule has 2 fully saturated rings. The smallest absolute Gasteiger partial charge is 0.119 e. The molecule has 0 bridgehead atoms. The van der Waals surface area contributed by atoms with Crippen LogP contribution in [0.3, 0.4) is 0 Å². The Hall–Kier alpha value is -1.61. The van der Waals surface area contributed by atoms with E-state index in [4.69, 9.17) is 4.74 Å². The molecule has 1 aliphatic heterocycles. The maximum absolute atomic E-state index is 10.4. The summed E-state index contributed by atoms with van der Waals surface area (Å²) in [6, 6.07) is 11.3. The van der Waals surface area contributed by atoms with Gasteiger partial charge in [0.25, 0.3) is 0 Å². The number of hydrogen-bond donors (Lipinski definition) is 1. The Kier molecular flexibility index (Phi) is 7.94. The Labute approximate surface area is 176 Å². The summed E-state index contributed by atoms with van der Waals surface area (Å²) in [5.41, 5.74) is 1.06. The van der Waals surface area contributed by atoms with Crippen LogP contribution in [0.5, 0.6) is 5.75 Å². The monoisotopic (exact) mass is 399 g/mol. The highest BCUT2D eigenvalue weighted by Crippen LogP contribution is 2.30. The summed E-state index contributed by atoms with van der Waals surface area (Å²) < 4.78 is 5.90. The van der Waals surface area contributed by atoms with Gasteiger partial charge in [0, 0.05) is 19.1 Å². The van der Waals surface area contributed by atoms with Gasteiger partial charge in [-0.15, -0.1) is 0 Å². The van der Waals surface area contributed by atoms with Crippen LogP contribution in [0.2, 0.25) is 0 Å². The van der Waals surface area contributed by atoms with Crippen molar-refractivity contribution in [3.05, 3.63) is 29.8 Å². The number of hydrogen-bond acceptors (Lipinski definition) is 5. The average molecular weight is 400 g/mol. The number of piperidine rings is 1. The topological polar surface area (TPSA) is 59.7 Å². The van der Waals surface area contributed by atoms with Gasteiger partial charge < -0.3 is 14.7 Å². The normalized spacial score (nSPS) is 21.6. The molecule has 1 N–H and O–H groups in total. The van der Waals surface area contributed by atoms with E-state index < -0.39 is 6.10 Å². The van der Waals surface area contributed by atoms with Crippen LogP contribution >= 0.6 is 0 Å². The second kappa shape index (κ2) is 10.4. The number of ether oxygens (including phenoxy) is 1. The first-order valence-corrected chi connectivity index (χ1v) is 11.2. The molecular formula is C24H37N3O2. The van der Waals surface area contributed by atoms with Crippen molar-refractivity contribution in [1.29, 1.82) is 5.26 Å². The van der Waals surface area contributed by atoms with Crippen LogP contribution in [0.15, 0.2) is 24.3 Å². The third kappa shape index (κ3) is 6.70. The van der Waals surface area contributed by atoms with Gasteiger partial charge in [0.2, 0.25) is 0 Å². The minimum Gasteiger partial charge on any atom is -0.491 e. The standard InChI is InChI=1S/C24H37N3O2/c1-24(19-25)11-13-27(14-12-24)16-20-7-6-10-23(15-20)29-18-22(28)17-26(2)21-8-4-3-5-9-21/h6-7,10,15,21-22,28H,3-5,8-9,11-14,16-18H2,1-2H3. The van der Waals surface area contributed by atoms with E-state index in [0.29, 0.717) is 19.2 Å². The lowest BCUT2D eigenvalue weighted by molar-refractivity contribution is 0.0561. The van der Waals surface area contributed by atoms with Crippen molar-refractivity contribution < 1.29 is 9.84 Å². The van der Waals surface area contributed by atoms with Crippen molar-refractivity contribution in [3.8, 4) is 11.8 Å². The fraction of sp³-hybridized carbons (Fsp3) is 0.708. The largest absolute Gasteiger partial charge is 0.491 e. The molecular weight excluding hydrogens is 362 g/mol. The van der Waals surface area contributed by atoms with E-state index in [2.05, 4.69) is 42.0 Å². The van der Waals surface area contributed by atoms with Crippen molar-refractivity contribution >= 4 is 0 Å². The van der Waals surface area contributed by atoms with Crippen LogP contribution in [0.4, 0.5) is 0 Å². The minimum absolute atomic E-state index is 0.164. The van der Waals surface area contributed by atoms with Gasteiger partial charge in [-0.25, -0.2) is 0 Å². The number of aliphatic hydroxyl groups is 1. The van der Waals surface area contributed by atoms with E-state index in [-0.39, 0.29) is 5.41 Å². The second-order valence-electron chi connectivity index (χ2n) is 9.29. The maximum atomic E-state index is 10.4. The Morgan fingerprint density at radius 1 is 1.28 bits per heavy atom. The van der Waals surface area contributed by atoms with Gasteiger partial charge in [0.05, 0.1) is 11.5 Å². The quantitative estimate of drug-likeness (QED) is 0.720. The summed E-state index contributed by atoms with van der Waals surface area (Å²) in [5.74, 6) is 0.820. The number of nitriles is 1. The summed E-state index contributed by atoms with van der Waals surface area (Å²) >= 11 is 0.